The number of hydrogen-bond donors (Lipinski definition) is 2. The van der Waals surface area contributed by atoms with E-state index in [0.717, 1.165) is 10.8 Å². The van der Waals surface area contributed by atoms with Crippen molar-refractivity contribution in [1.82, 2.24) is 0 Å². The number of phenolic OH excluding ortho intramolecular Hbond substituents is 1. The van der Waals surface area contributed by atoms with Gasteiger partial charge in [0.2, 0.25) is 0 Å². The van der Waals surface area contributed by atoms with E-state index in [1.165, 1.54) is 0 Å². The first-order valence-electron chi connectivity index (χ1n) is 4.14. The van der Waals surface area contributed by atoms with E-state index in [4.69, 9.17) is 11.0 Å². The molecule has 0 spiro atoms. The van der Waals surface area contributed by atoms with Crippen molar-refractivity contribution in [2.75, 3.05) is 5.73 Å². The quantitative estimate of drug-likeness (QED) is 0.486. The van der Waals surface area contributed by atoms with Gasteiger partial charge in [0.1, 0.15) is 6.07 Å². The second-order valence-corrected chi connectivity index (χ2v) is 3.02. The molecule has 2 aromatic rings. The predicted molar refractivity (Wildman–Crippen MR) is 54.7 cm³/mol. The molecule has 0 unspecified atom stereocenters. The van der Waals surface area contributed by atoms with Crippen molar-refractivity contribution in [2.24, 2.45) is 0 Å². The molecule has 0 saturated heterocycles. The van der Waals surface area contributed by atoms with Gasteiger partial charge in [0, 0.05) is 5.39 Å². The fourth-order valence-electron chi connectivity index (χ4n) is 1.45. The second-order valence-electron chi connectivity index (χ2n) is 3.02. The minimum atomic E-state index is -0.133. The average Bonchev–Trinajstić information content (AvgIpc) is 2.23. The van der Waals surface area contributed by atoms with Gasteiger partial charge in [-0.2, -0.15) is 5.26 Å². The number of aromatic hydroxyl groups is 1. The molecule has 0 aliphatic heterocycles. The van der Waals surface area contributed by atoms with Crippen molar-refractivity contribution in [3.8, 4) is 11.8 Å². The molecule has 3 nitrogen and oxygen atoms in total. The first-order valence-corrected chi connectivity index (χ1v) is 4.14. The van der Waals surface area contributed by atoms with Gasteiger partial charge in [-0.15, -0.1) is 0 Å². The number of benzene rings is 2. The van der Waals surface area contributed by atoms with E-state index in [1.807, 2.05) is 30.3 Å². The zero-order valence-electron chi connectivity index (χ0n) is 7.36. The van der Waals surface area contributed by atoms with Gasteiger partial charge in [-0.3, -0.25) is 0 Å². The lowest BCUT2D eigenvalue weighted by atomic mass is 10.0. The van der Waals surface area contributed by atoms with Gasteiger partial charge in [0.05, 0.1) is 11.3 Å². The largest absolute Gasteiger partial charge is 0.504 e. The van der Waals surface area contributed by atoms with Crippen LogP contribution in [-0.2, 0) is 0 Å². The molecule has 0 saturated carbocycles. The summed E-state index contributed by atoms with van der Waals surface area (Å²) < 4.78 is 0. The Morgan fingerprint density at radius 2 is 2.00 bits per heavy atom. The molecule has 0 aliphatic carbocycles. The van der Waals surface area contributed by atoms with Crippen LogP contribution in [-0.4, -0.2) is 5.11 Å². The molecule has 3 heteroatoms. The summed E-state index contributed by atoms with van der Waals surface area (Å²) in [5.41, 5.74) is 6.17. The molecule has 0 heterocycles. The summed E-state index contributed by atoms with van der Waals surface area (Å²) in [6, 6.07) is 10.9. The third-order valence-corrected chi connectivity index (χ3v) is 2.18. The molecule has 0 aromatic heterocycles. The normalized spacial score (nSPS) is 9.93. The lowest BCUT2D eigenvalue weighted by molar-refractivity contribution is 0.477. The van der Waals surface area contributed by atoms with Crippen LogP contribution in [0.4, 0.5) is 5.69 Å². The highest BCUT2D eigenvalue weighted by molar-refractivity contribution is 5.97. The molecule has 3 N–H and O–H groups in total. The van der Waals surface area contributed by atoms with Crippen molar-refractivity contribution < 1.29 is 5.11 Å². The summed E-state index contributed by atoms with van der Waals surface area (Å²) in [6.07, 6.45) is 0. The van der Waals surface area contributed by atoms with Crippen LogP contribution in [0.1, 0.15) is 5.56 Å². The number of nitrogens with zero attached hydrogens (tertiary/aromatic N) is 1. The smallest absolute Gasteiger partial charge is 0.156 e. The average molecular weight is 184 g/mol. The minimum Gasteiger partial charge on any atom is -0.504 e. The maximum absolute atomic E-state index is 9.55. The molecule has 14 heavy (non-hydrogen) atoms. The van der Waals surface area contributed by atoms with Crippen molar-refractivity contribution in [2.45, 2.75) is 0 Å². The lowest BCUT2D eigenvalue weighted by Crippen LogP contribution is -1.90. The van der Waals surface area contributed by atoms with E-state index in [-0.39, 0.29) is 17.0 Å². The Morgan fingerprint density at radius 1 is 1.29 bits per heavy atom. The molecular formula is C11H8N2O. The van der Waals surface area contributed by atoms with Crippen LogP contribution in [0.15, 0.2) is 30.3 Å². The zero-order valence-corrected chi connectivity index (χ0v) is 7.36. The number of nitrogen functional groups attached to an aromatic ring is 1. The van der Waals surface area contributed by atoms with Crippen LogP contribution in [0.25, 0.3) is 10.8 Å². The molecule has 68 valence electrons. The standard InChI is InChI=1S/C11H8N2O/c12-6-8-5-7-3-1-2-4-9(7)10(13)11(8)14/h1-5,14H,13H2. The Morgan fingerprint density at radius 3 is 2.71 bits per heavy atom. The highest BCUT2D eigenvalue weighted by atomic mass is 16.3. The third kappa shape index (κ3) is 1.05. The fourth-order valence-corrected chi connectivity index (χ4v) is 1.45. The van der Waals surface area contributed by atoms with Crippen LogP contribution < -0.4 is 5.73 Å². The van der Waals surface area contributed by atoms with Gasteiger partial charge in [0.15, 0.2) is 5.75 Å². The van der Waals surface area contributed by atoms with Crippen LogP contribution >= 0.6 is 0 Å². The number of anilines is 1. The number of fused-ring (bicyclic) bond motifs is 1. The first kappa shape index (κ1) is 8.39. The predicted octanol–water partition coefficient (Wildman–Crippen LogP) is 2.00. The highest BCUT2D eigenvalue weighted by Crippen LogP contribution is 2.32. The van der Waals surface area contributed by atoms with Gasteiger partial charge in [-0.05, 0) is 11.5 Å². The summed E-state index contributed by atoms with van der Waals surface area (Å²) in [5, 5.41) is 19.9. The van der Waals surface area contributed by atoms with E-state index in [2.05, 4.69) is 0 Å². The van der Waals surface area contributed by atoms with Gasteiger partial charge < -0.3 is 10.8 Å². The maximum Gasteiger partial charge on any atom is 0.156 e. The second kappa shape index (κ2) is 2.93. The van der Waals surface area contributed by atoms with Crippen molar-refractivity contribution in [3.05, 3.63) is 35.9 Å². The molecule has 0 radical (unpaired) electrons. The summed E-state index contributed by atoms with van der Waals surface area (Å²) in [7, 11) is 0. The SMILES string of the molecule is N#Cc1cc2ccccc2c(N)c1O. The van der Waals surface area contributed by atoms with Gasteiger partial charge in [-0.25, -0.2) is 0 Å². The van der Waals surface area contributed by atoms with E-state index < -0.39 is 0 Å². The number of phenols is 1. The highest BCUT2D eigenvalue weighted by Gasteiger charge is 2.08. The van der Waals surface area contributed by atoms with Crippen molar-refractivity contribution >= 4 is 16.5 Å². The number of hydrogen-bond acceptors (Lipinski definition) is 3. The van der Waals surface area contributed by atoms with Crippen LogP contribution in [0.5, 0.6) is 5.75 Å². The monoisotopic (exact) mass is 184 g/mol. The van der Waals surface area contributed by atoms with Gasteiger partial charge in [0.25, 0.3) is 0 Å². The zero-order chi connectivity index (χ0) is 10.1. The third-order valence-electron chi connectivity index (χ3n) is 2.18. The fraction of sp³-hybridized carbons (Fsp3) is 0. The van der Waals surface area contributed by atoms with Crippen molar-refractivity contribution in [3.63, 3.8) is 0 Å². The van der Waals surface area contributed by atoms with Crippen LogP contribution in [0, 0.1) is 11.3 Å². The molecular weight excluding hydrogens is 176 g/mol. The topological polar surface area (TPSA) is 70.0 Å². The van der Waals surface area contributed by atoms with Crippen LogP contribution in [0.3, 0.4) is 0 Å². The summed E-state index contributed by atoms with van der Waals surface area (Å²) in [6.45, 7) is 0. The molecule has 0 atom stereocenters. The lowest BCUT2D eigenvalue weighted by Gasteiger charge is -2.05. The van der Waals surface area contributed by atoms with E-state index in [9.17, 15) is 5.11 Å². The van der Waals surface area contributed by atoms with Gasteiger partial charge >= 0.3 is 0 Å². The Hall–Kier alpha value is -2.21. The minimum absolute atomic E-state index is 0.133. The molecule has 2 rings (SSSR count). The summed E-state index contributed by atoms with van der Waals surface area (Å²) in [5.74, 6) is -0.133. The first-order chi connectivity index (χ1) is 6.74. The molecule has 0 bridgehead atoms. The van der Waals surface area contributed by atoms with Gasteiger partial charge in [-0.1, -0.05) is 24.3 Å². The van der Waals surface area contributed by atoms with Crippen molar-refractivity contribution in [1.29, 1.82) is 5.26 Å². The van der Waals surface area contributed by atoms with E-state index in [0.29, 0.717) is 0 Å². The Labute approximate surface area is 81.0 Å². The molecule has 0 fully saturated rings. The number of nitrogens with two attached hydrogens (primary N) is 1. The van der Waals surface area contributed by atoms with E-state index in [1.54, 1.807) is 6.07 Å². The molecule has 0 aliphatic rings. The Balaban J connectivity index is 2.94. The number of rotatable bonds is 0. The summed E-state index contributed by atoms with van der Waals surface area (Å²) in [4.78, 5) is 0. The van der Waals surface area contributed by atoms with Crippen LogP contribution in [0.2, 0.25) is 0 Å². The summed E-state index contributed by atoms with van der Waals surface area (Å²) >= 11 is 0. The van der Waals surface area contributed by atoms with E-state index >= 15 is 0 Å². The Bertz CT molecular complexity index is 541. The molecule has 2 aromatic carbocycles. The maximum atomic E-state index is 9.55. The molecule has 0 amide bonds. The number of nitriles is 1. The Kier molecular flexibility index (Phi) is 1.76.